The second kappa shape index (κ2) is 8.54. The third-order valence-corrected chi connectivity index (χ3v) is 5.07. The van der Waals surface area contributed by atoms with Crippen molar-refractivity contribution in [3.8, 4) is 23.0 Å². The molecule has 0 aromatic heterocycles. The molecular weight excluding hydrogens is 484 g/mol. The molecule has 6 heteroatoms. The Kier molecular flexibility index (Phi) is 5.69. The van der Waals surface area contributed by atoms with Gasteiger partial charge in [-0.05, 0) is 59.3 Å². The average molecular weight is 500 g/mol. The summed E-state index contributed by atoms with van der Waals surface area (Å²) in [6, 6.07) is 27.4. The minimum absolute atomic E-state index is 0.739. The van der Waals surface area contributed by atoms with E-state index in [4.69, 9.17) is 9.47 Å². The molecule has 0 atom stereocenters. The van der Waals surface area contributed by atoms with Crippen molar-refractivity contribution >= 4 is 54.4 Å². The lowest BCUT2D eigenvalue weighted by atomic mass is 10.1. The number of fused-ring (bicyclic) bond motifs is 1. The molecule has 0 amide bonds. The Morgan fingerprint density at radius 1 is 0.536 bits per heavy atom. The third kappa shape index (κ3) is 4.08. The number of anilines is 2. The highest BCUT2D eigenvalue weighted by molar-refractivity contribution is 9.10. The molecule has 0 radical (unpaired) electrons. The van der Waals surface area contributed by atoms with Gasteiger partial charge in [-0.15, -0.1) is 0 Å². The molecule has 0 saturated carbocycles. The molecule has 140 valence electrons. The van der Waals surface area contributed by atoms with Gasteiger partial charge in [0, 0.05) is 32.3 Å². The van der Waals surface area contributed by atoms with Gasteiger partial charge in [-0.25, -0.2) is 0 Å². The molecule has 2 N–H and O–H groups in total. The van der Waals surface area contributed by atoms with Crippen LogP contribution in [0.15, 0.2) is 84.9 Å². The smallest absolute Gasteiger partial charge is 0.151 e. The van der Waals surface area contributed by atoms with Crippen molar-refractivity contribution in [2.75, 3.05) is 8.69 Å². The van der Waals surface area contributed by atoms with E-state index >= 15 is 0 Å². The van der Waals surface area contributed by atoms with Crippen LogP contribution in [-0.2, 0) is 0 Å². The Bertz CT molecular complexity index is 1030. The first-order valence-electron chi connectivity index (χ1n) is 8.58. The van der Waals surface area contributed by atoms with Crippen molar-refractivity contribution in [1.29, 1.82) is 0 Å². The largest absolute Gasteiger partial charge is 0.455 e. The Balaban J connectivity index is 1.63. The minimum atomic E-state index is 0.739. The molecule has 0 unspecified atom stereocenters. The normalized spacial score (nSPS) is 10.5. The summed E-state index contributed by atoms with van der Waals surface area (Å²) in [6.07, 6.45) is 0. The number of rotatable bonds is 6. The van der Waals surface area contributed by atoms with Gasteiger partial charge in [0.05, 0.1) is 11.4 Å². The van der Waals surface area contributed by atoms with Gasteiger partial charge in [0.15, 0.2) is 11.5 Å². The minimum Gasteiger partial charge on any atom is -0.455 e. The van der Waals surface area contributed by atoms with Gasteiger partial charge in [-0.1, -0.05) is 36.4 Å². The first-order chi connectivity index (χ1) is 13.8. The second-order valence-electron chi connectivity index (χ2n) is 6.06. The number of benzene rings is 4. The fraction of sp³-hybridized carbons (Fsp3) is 0. The molecule has 0 heterocycles. The van der Waals surface area contributed by atoms with Gasteiger partial charge >= 0.3 is 0 Å². The SMILES string of the molecule is BrNc1ccccc1Oc1ccc2ccc(Oc3ccccc3NBr)cc2c1. The molecule has 4 nitrogen and oxygen atoms in total. The summed E-state index contributed by atoms with van der Waals surface area (Å²) in [5.74, 6) is 2.98. The maximum absolute atomic E-state index is 6.05. The summed E-state index contributed by atoms with van der Waals surface area (Å²) in [6.45, 7) is 0. The topological polar surface area (TPSA) is 42.5 Å². The van der Waals surface area contributed by atoms with Crippen molar-refractivity contribution < 1.29 is 9.47 Å². The molecule has 0 aliphatic heterocycles. The van der Waals surface area contributed by atoms with E-state index in [9.17, 15) is 0 Å². The molecule has 0 fully saturated rings. The second-order valence-corrected chi connectivity index (χ2v) is 6.85. The molecule has 4 aromatic carbocycles. The monoisotopic (exact) mass is 498 g/mol. The molecule has 0 bridgehead atoms. The Hall–Kier alpha value is -2.70. The standard InChI is InChI=1S/C22H16Br2N2O2/c23-25-19-5-1-3-7-21(19)27-17-11-9-15-10-12-18(14-16(15)13-17)28-22-8-4-2-6-20(22)26-24/h1-14,25-26H. The molecule has 0 spiro atoms. The van der Waals surface area contributed by atoms with Crippen molar-refractivity contribution in [1.82, 2.24) is 0 Å². The predicted molar refractivity (Wildman–Crippen MR) is 122 cm³/mol. The number of nitrogens with one attached hydrogen (secondary N) is 2. The first kappa shape index (κ1) is 18.7. The summed E-state index contributed by atoms with van der Waals surface area (Å²) in [7, 11) is 0. The molecular formula is C22H16Br2N2O2. The van der Waals surface area contributed by atoms with Gasteiger partial charge in [-0.3, -0.25) is 0 Å². The van der Waals surface area contributed by atoms with Crippen LogP contribution in [0.3, 0.4) is 0 Å². The number of hydrogen-bond donors (Lipinski definition) is 2. The van der Waals surface area contributed by atoms with Crippen LogP contribution in [0.25, 0.3) is 10.8 Å². The summed E-state index contributed by atoms with van der Waals surface area (Å²) >= 11 is 6.52. The van der Waals surface area contributed by atoms with Crippen LogP contribution >= 0.6 is 32.3 Å². The summed E-state index contributed by atoms with van der Waals surface area (Å²) in [5.41, 5.74) is 1.72. The quantitative estimate of drug-likeness (QED) is 0.265. The molecule has 0 aliphatic carbocycles. The van der Waals surface area contributed by atoms with Crippen LogP contribution in [0.5, 0.6) is 23.0 Å². The van der Waals surface area contributed by atoms with Gasteiger partial charge in [0.25, 0.3) is 0 Å². The van der Waals surface area contributed by atoms with E-state index in [1.165, 1.54) is 0 Å². The number of ether oxygens (including phenoxy) is 2. The van der Waals surface area contributed by atoms with Gasteiger partial charge < -0.3 is 18.2 Å². The van der Waals surface area contributed by atoms with Gasteiger partial charge in [0.1, 0.15) is 11.5 Å². The third-order valence-electron chi connectivity index (χ3n) is 4.22. The predicted octanol–water partition coefficient (Wildman–Crippen LogP) is 7.87. The lowest BCUT2D eigenvalue weighted by Crippen LogP contribution is -1.90. The highest BCUT2D eigenvalue weighted by atomic mass is 79.9. The number of hydrogen-bond acceptors (Lipinski definition) is 4. The molecule has 28 heavy (non-hydrogen) atoms. The van der Waals surface area contributed by atoms with Gasteiger partial charge in [-0.2, -0.15) is 0 Å². The lowest BCUT2D eigenvalue weighted by Gasteiger charge is -2.12. The van der Waals surface area contributed by atoms with Crippen molar-refractivity contribution in [2.45, 2.75) is 0 Å². The van der Waals surface area contributed by atoms with Crippen LogP contribution in [0.2, 0.25) is 0 Å². The van der Waals surface area contributed by atoms with Crippen molar-refractivity contribution in [3.05, 3.63) is 84.9 Å². The van der Waals surface area contributed by atoms with E-state index in [-0.39, 0.29) is 0 Å². The lowest BCUT2D eigenvalue weighted by molar-refractivity contribution is 0.484. The van der Waals surface area contributed by atoms with E-state index in [2.05, 4.69) is 41.0 Å². The van der Waals surface area contributed by atoms with Crippen molar-refractivity contribution in [2.24, 2.45) is 0 Å². The first-order valence-corrected chi connectivity index (χ1v) is 10.2. The number of halogens is 2. The zero-order chi connectivity index (χ0) is 19.3. The van der Waals surface area contributed by atoms with Crippen LogP contribution < -0.4 is 18.2 Å². The number of para-hydroxylation sites is 4. The zero-order valence-electron chi connectivity index (χ0n) is 14.7. The maximum atomic E-state index is 6.05. The van der Waals surface area contributed by atoms with Gasteiger partial charge in [0.2, 0.25) is 0 Å². The Morgan fingerprint density at radius 2 is 1.00 bits per heavy atom. The molecule has 4 rings (SSSR count). The zero-order valence-corrected chi connectivity index (χ0v) is 17.8. The van der Waals surface area contributed by atoms with E-state index in [1.807, 2.05) is 84.9 Å². The summed E-state index contributed by atoms with van der Waals surface area (Å²) < 4.78 is 18.0. The van der Waals surface area contributed by atoms with E-state index in [0.29, 0.717) is 0 Å². The Labute approximate surface area is 180 Å². The molecule has 4 aromatic rings. The molecule has 0 saturated heterocycles. The molecule has 0 aliphatic rings. The highest BCUT2D eigenvalue weighted by Gasteiger charge is 2.07. The van der Waals surface area contributed by atoms with Crippen molar-refractivity contribution in [3.63, 3.8) is 0 Å². The summed E-state index contributed by atoms with van der Waals surface area (Å²) in [5, 5.41) is 2.14. The Morgan fingerprint density at radius 3 is 1.46 bits per heavy atom. The highest BCUT2D eigenvalue weighted by Crippen LogP contribution is 2.34. The summed E-state index contributed by atoms with van der Waals surface area (Å²) in [4.78, 5) is 0. The van der Waals surface area contributed by atoms with Crippen LogP contribution in [0.1, 0.15) is 0 Å². The maximum Gasteiger partial charge on any atom is 0.151 e. The van der Waals surface area contributed by atoms with E-state index in [1.54, 1.807) is 0 Å². The van der Waals surface area contributed by atoms with E-state index < -0.39 is 0 Å². The average Bonchev–Trinajstić information content (AvgIpc) is 2.74. The fourth-order valence-corrected chi connectivity index (χ4v) is 3.51. The van der Waals surface area contributed by atoms with Crippen LogP contribution in [0, 0.1) is 0 Å². The van der Waals surface area contributed by atoms with E-state index in [0.717, 1.165) is 45.1 Å². The van der Waals surface area contributed by atoms with Crippen LogP contribution in [0.4, 0.5) is 11.4 Å². The fourth-order valence-electron chi connectivity index (χ4n) is 2.85. The van der Waals surface area contributed by atoms with Crippen LogP contribution in [-0.4, -0.2) is 0 Å².